The minimum atomic E-state index is -2.07. The second-order valence-electron chi connectivity index (χ2n) is 8.97. The number of benzene rings is 2. The molecule has 188 valence electrons. The van der Waals surface area contributed by atoms with E-state index in [0.29, 0.717) is 11.1 Å². The van der Waals surface area contributed by atoms with Crippen molar-refractivity contribution in [1.82, 2.24) is 9.80 Å². The summed E-state index contributed by atoms with van der Waals surface area (Å²) in [6, 6.07) is 13.6. The zero-order valence-electron chi connectivity index (χ0n) is 19.3. The number of nitrogen functional groups attached to an aromatic ring is 1. The lowest BCUT2D eigenvalue weighted by atomic mass is 9.75. The van der Waals surface area contributed by atoms with Crippen LogP contribution in [0.15, 0.2) is 54.6 Å². The van der Waals surface area contributed by atoms with Gasteiger partial charge in [-0.2, -0.15) is 0 Å². The molecule has 4 atom stereocenters. The van der Waals surface area contributed by atoms with Gasteiger partial charge >= 0.3 is 5.97 Å². The summed E-state index contributed by atoms with van der Waals surface area (Å²) in [5.41, 5.74) is 10.0. The molecule has 2 aromatic rings. The highest BCUT2D eigenvalue weighted by atomic mass is 16.4. The van der Waals surface area contributed by atoms with Gasteiger partial charge in [0.15, 0.2) is 5.54 Å². The van der Waals surface area contributed by atoms with Gasteiger partial charge in [-0.3, -0.25) is 29.6 Å². The van der Waals surface area contributed by atoms with Crippen molar-refractivity contribution in [3.63, 3.8) is 0 Å². The molecule has 2 fully saturated rings. The first kappa shape index (κ1) is 25.0. The molecule has 11 heteroatoms. The lowest BCUT2D eigenvalue weighted by Crippen LogP contribution is -2.57. The number of amides is 3. The number of likely N-dealkylation sites (tertiary alicyclic amines) is 2. The number of imide groups is 1. The Morgan fingerprint density at radius 2 is 1.64 bits per heavy atom. The first-order chi connectivity index (χ1) is 17.1. The molecule has 2 saturated heterocycles. The summed E-state index contributed by atoms with van der Waals surface area (Å²) < 4.78 is 0. The van der Waals surface area contributed by atoms with Gasteiger partial charge in [-0.1, -0.05) is 54.6 Å². The first-order valence-electron chi connectivity index (χ1n) is 11.4. The number of carboxylic acids is 1. The molecule has 0 aliphatic carbocycles. The molecule has 0 spiro atoms. The van der Waals surface area contributed by atoms with Crippen molar-refractivity contribution in [3.8, 4) is 0 Å². The fourth-order valence-corrected chi connectivity index (χ4v) is 5.55. The van der Waals surface area contributed by atoms with Crippen molar-refractivity contribution in [1.29, 1.82) is 5.41 Å². The van der Waals surface area contributed by atoms with Crippen LogP contribution in [-0.4, -0.2) is 68.7 Å². The van der Waals surface area contributed by atoms with Crippen LogP contribution in [0.25, 0.3) is 0 Å². The maximum absolute atomic E-state index is 13.8. The molecule has 4 unspecified atom stereocenters. The van der Waals surface area contributed by atoms with Gasteiger partial charge in [-0.25, -0.2) is 4.79 Å². The van der Waals surface area contributed by atoms with Crippen molar-refractivity contribution in [2.24, 2.45) is 23.3 Å². The average Bonchev–Trinajstić information content (AvgIpc) is 3.28. The van der Waals surface area contributed by atoms with E-state index in [2.05, 4.69) is 0 Å². The van der Waals surface area contributed by atoms with Gasteiger partial charge in [-0.15, -0.1) is 0 Å². The Kier molecular flexibility index (Phi) is 6.61. The Hall–Kier alpha value is -4.09. The summed E-state index contributed by atoms with van der Waals surface area (Å²) in [5.74, 6) is -6.10. The number of rotatable bonds is 9. The first-order valence-corrected chi connectivity index (χ1v) is 11.4. The normalized spacial score (nSPS) is 25.7. The standard InChI is InChI=1S/C25H27N5O6/c26-18(32)10-11-30-17(13-31)19-20(23(34)29(22(19)33)12-14-4-2-1-3-5-14)25(30,24(35)36)16-8-6-15(7-9-16)21(27)28/h1-9,17,19-20,31H,10-13H2,(H2,26,32)(H3,27,28)(H,35,36). The molecular formula is C25H27N5O6. The molecule has 11 nitrogen and oxygen atoms in total. The number of aliphatic hydroxyl groups excluding tert-OH is 1. The molecule has 36 heavy (non-hydrogen) atoms. The number of hydrogen-bond acceptors (Lipinski definition) is 7. The van der Waals surface area contributed by atoms with Gasteiger partial charge < -0.3 is 21.7 Å². The van der Waals surface area contributed by atoms with Crippen LogP contribution in [0.5, 0.6) is 0 Å². The molecule has 2 aliphatic heterocycles. The molecule has 0 bridgehead atoms. The molecule has 0 radical (unpaired) electrons. The summed E-state index contributed by atoms with van der Waals surface area (Å²) in [6.45, 7) is -0.837. The van der Waals surface area contributed by atoms with Crippen LogP contribution in [0.2, 0.25) is 0 Å². The Bertz CT molecular complexity index is 1220. The Morgan fingerprint density at radius 3 is 2.17 bits per heavy atom. The number of aliphatic carboxylic acids is 1. The van der Waals surface area contributed by atoms with Crippen molar-refractivity contribution in [3.05, 3.63) is 71.3 Å². The van der Waals surface area contributed by atoms with Crippen LogP contribution in [0.3, 0.4) is 0 Å². The lowest BCUT2D eigenvalue weighted by molar-refractivity contribution is -0.160. The van der Waals surface area contributed by atoms with E-state index in [-0.39, 0.29) is 30.9 Å². The van der Waals surface area contributed by atoms with Gasteiger partial charge in [0, 0.05) is 24.6 Å². The highest BCUT2D eigenvalue weighted by Gasteiger charge is 2.72. The summed E-state index contributed by atoms with van der Waals surface area (Å²) >= 11 is 0. The number of hydrogen-bond donors (Lipinski definition) is 5. The third-order valence-corrected chi connectivity index (χ3v) is 7.09. The van der Waals surface area contributed by atoms with E-state index in [1.807, 2.05) is 0 Å². The maximum Gasteiger partial charge on any atom is 0.329 e. The summed E-state index contributed by atoms with van der Waals surface area (Å²) in [4.78, 5) is 54.5. The summed E-state index contributed by atoms with van der Waals surface area (Å²) in [6.07, 6.45) is -0.243. The van der Waals surface area contributed by atoms with E-state index in [0.717, 1.165) is 4.90 Å². The van der Waals surface area contributed by atoms with Gasteiger partial charge in [0.1, 0.15) is 5.84 Å². The fraction of sp³-hybridized carbons (Fsp3) is 0.320. The summed E-state index contributed by atoms with van der Waals surface area (Å²) in [5, 5.41) is 28.6. The maximum atomic E-state index is 13.8. The number of nitrogens with two attached hydrogens (primary N) is 2. The van der Waals surface area contributed by atoms with Crippen molar-refractivity contribution >= 4 is 29.5 Å². The van der Waals surface area contributed by atoms with Crippen LogP contribution < -0.4 is 11.5 Å². The number of aliphatic hydroxyl groups is 1. The Morgan fingerprint density at radius 1 is 1.00 bits per heavy atom. The number of carbonyl (C=O) groups excluding carboxylic acids is 3. The second kappa shape index (κ2) is 9.51. The monoisotopic (exact) mass is 493 g/mol. The quantitative estimate of drug-likeness (QED) is 0.177. The minimum absolute atomic E-state index is 0.0378. The summed E-state index contributed by atoms with van der Waals surface area (Å²) in [7, 11) is 0. The van der Waals surface area contributed by atoms with Crippen LogP contribution in [0.1, 0.15) is 23.1 Å². The molecule has 4 rings (SSSR count). The average molecular weight is 494 g/mol. The molecule has 2 heterocycles. The smallest absolute Gasteiger partial charge is 0.329 e. The van der Waals surface area contributed by atoms with E-state index < -0.39 is 53.7 Å². The number of carbonyl (C=O) groups is 4. The van der Waals surface area contributed by atoms with Crippen LogP contribution in [0, 0.1) is 17.2 Å². The van der Waals surface area contributed by atoms with Crippen LogP contribution in [0.4, 0.5) is 0 Å². The number of primary amides is 1. The zero-order valence-corrected chi connectivity index (χ0v) is 19.3. The predicted octanol–water partition coefficient (Wildman–Crippen LogP) is -0.396. The molecule has 2 aliphatic rings. The second-order valence-corrected chi connectivity index (χ2v) is 8.97. The van der Waals surface area contributed by atoms with Crippen molar-refractivity contribution in [2.75, 3.05) is 13.2 Å². The predicted molar refractivity (Wildman–Crippen MR) is 127 cm³/mol. The third-order valence-electron chi connectivity index (χ3n) is 7.09. The molecule has 7 N–H and O–H groups in total. The highest BCUT2D eigenvalue weighted by molar-refractivity contribution is 6.09. The number of nitrogens with zero attached hydrogens (tertiary/aromatic N) is 2. The van der Waals surface area contributed by atoms with E-state index >= 15 is 0 Å². The molecule has 0 saturated carbocycles. The largest absolute Gasteiger partial charge is 0.480 e. The molecule has 3 amide bonds. The fourth-order valence-electron chi connectivity index (χ4n) is 5.55. The molecular weight excluding hydrogens is 466 g/mol. The van der Waals surface area contributed by atoms with Gasteiger partial charge in [0.25, 0.3) is 0 Å². The Balaban J connectivity index is 1.88. The van der Waals surface area contributed by atoms with E-state index in [4.69, 9.17) is 16.9 Å². The van der Waals surface area contributed by atoms with Gasteiger partial charge in [0.2, 0.25) is 17.7 Å². The number of amidine groups is 1. The van der Waals surface area contributed by atoms with Gasteiger partial charge in [0.05, 0.1) is 25.0 Å². The zero-order chi connectivity index (χ0) is 26.2. The van der Waals surface area contributed by atoms with E-state index in [1.165, 1.54) is 29.2 Å². The van der Waals surface area contributed by atoms with Crippen LogP contribution >= 0.6 is 0 Å². The SMILES string of the molecule is N=C(N)c1ccc(C2(C(=O)O)C3C(=O)N(Cc4ccccc4)C(=O)C3C(CO)N2CCC(N)=O)cc1. The van der Waals surface area contributed by atoms with Crippen molar-refractivity contribution in [2.45, 2.75) is 24.5 Å². The van der Waals surface area contributed by atoms with Gasteiger partial charge in [-0.05, 0) is 11.1 Å². The number of carboxylic acid groups (broad SMARTS) is 1. The van der Waals surface area contributed by atoms with E-state index in [1.54, 1.807) is 30.3 Å². The van der Waals surface area contributed by atoms with E-state index in [9.17, 15) is 29.4 Å². The van der Waals surface area contributed by atoms with Crippen molar-refractivity contribution < 1.29 is 29.4 Å². The number of fused-ring (bicyclic) bond motifs is 1. The molecule has 2 aromatic carbocycles. The lowest BCUT2D eigenvalue weighted by Gasteiger charge is -2.40. The highest BCUT2D eigenvalue weighted by Crippen LogP contribution is 2.54. The third kappa shape index (κ3) is 3.82. The van der Waals surface area contributed by atoms with Crippen LogP contribution in [-0.2, 0) is 31.3 Å². The molecule has 0 aromatic heterocycles. The minimum Gasteiger partial charge on any atom is -0.480 e. The number of nitrogens with one attached hydrogen (secondary N) is 1. The topological polar surface area (TPSA) is 191 Å². The Labute approximate surface area is 206 Å².